The zero-order chi connectivity index (χ0) is 17.9. The maximum absolute atomic E-state index is 12.7. The lowest BCUT2D eigenvalue weighted by Crippen LogP contribution is -2.45. The monoisotopic (exact) mass is 356 g/mol. The molecule has 0 saturated carbocycles. The number of anilines is 2. The van der Waals surface area contributed by atoms with Crippen molar-refractivity contribution in [3.63, 3.8) is 0 Å². The van der Waals surface area contributed by atoms with Gasteiger partial charge in [0.2, 0.25) is 0 Å². The van der Waals surface area contributed by atoms with Crippen LogP contribution in [0, 0.1) is 0 Å². The van der Waals surface area contributed by atoms with Crippen molar-refractivity contribution in [2.75, 3.05) is 23.8 Å². The van der Waals surface area contributed by atoms with Gasteiger partial charge in [-0.25, -0.2) is 8.42 Å². The molecule has 6 nitrogen and oxygen atoms in total. The summed E-state index contributed by atoms with van der Waals surface area (Å²) in [4.78, 5) is 2.77. The van der Waals surface area contributed by atoms with Crippen molar-refractivity contribution >= 4 is 32.2 Å². The first-order chi connectivity index (χ1) is 12.0. The van der Waals surface area contributed by atoms with Gasteiger partial charge < -0.3 is 11.5 Å². The number of benzene rings is 3. The standard InChI is InChI=1S/C18H20N4O2S/c19-12-13-22(18-7-3-5-14-4-1-2-6-17(14)18)21-25(23,24)16-10-8-15(20)9-11-16/h1-11,21H,12-13,19-20H2. The Hall–Kier alpha value is -2.61. The molecule has 0 unspecified atom stereocenters. The number of nitrogens with one attached hydrogen (secondary N) is 1. The topological polar surface area (TPSA) is 101 Å². The van der Waals surface area contributed by atoms with Gasteiger partial charge in [-0.3, -0.25) is 5.01 Å². The van der Waals surface area contributed by atoms with Crippen LogP contribution >= 0.6 is 0 Å². The molecule has 25 heavy (non-hydrogen) atoms. The van der Waals surface area contributed by atoms with Crippen molar-refractivity contribution in [2.45, 2.75) is 4.90 Å². The third kappa shape index (κ3) is 3.74. The van der Waals surface area contributed by atoms with E-state index in [0.29, 0.717) is 18.8 Å². The van der Waals surface area contributed by atoms with Gasteiger partial charge in [0.05, 0.1) is 10.6 Å². The predicted molar refractivity (Wildman–Crippen MR) is 102 cm³/mol. The predicted octanol–water partition coefficient (Wildman–Crippen LogP) is 2.08. The van der Waals surface area contributed by atoms with Gasteiger partial charge in [-0.1, -0.05) is 36.4 Å². The highest BCUT2D eigenvalue weighted by atomic mass is 32.2. The summed E-state index contributed by atoms with van der Waals surface area (Å²) < 4.78 is 25.4. The number of nitrogens with two attached hydrogens (primary N) is 2. The van der Waals surface area contributed by atoms with E-state index in [-0.39, 0.29) is 4.90 Å². The van der Waals surface area contributed by atoms with Crippen LogP contribution in [0.1, 0.15) is 0 Å². The molecular weight excluding hydrogens is 336 g/mol. The van der Waals surface area contributed by atoms with Gasteiger partial charge in [0.25, 0.3) is 10.0 Å². The summed E-state index contributed by atoms with van der Waals surface area (Å²) in [6, 6.07) is 19.6. The van der Waals surface area contributed by atoms with Crippen LogP contribution in [0.25, 0.3) is 10.8 Å². The van der Waals surface area contributed by atoms with E-state index < -0.39 is 10.0 Å². The Kier molecular flexibility index (Phi) is 4.89. The van der Waals surface area contributed by atoms with Crippen molar-refractivity contribution in [3.05, 3.63) is 66.7 Å². The zero-order valence-electron chi connectivity index (χ0n) is 13.6. The number of nitrogens with zero attached hydrogens (tertiary/aromatic N) is 1. The van der Waals surface area contributed by atoms with Crippen molar-refractivity contribution in [2.24, 2.45) is 5.73 Å². The molecule has 0 spiro atoms. The van der Waals surface area contributed by atoms with Gasteiger partial charge in [-0.15, -0.1) is 4.83 Å². The van der Waals surface area contributed by atoms with Crippen LogP contribution in [0.4, 0.5) is 11.4 Å². The minimum atomic E-state index is -3.75. The van der Waals surface area contributed by atoms with E-state index in [1.54, 1.807) is 17.1 Å². The lowest BCUT2D eigenvalue weighted by atomic mass is 10.1. The molecule has 3 rings (SSSR count). The van der Waals surface area contributed by atoms with Gasteiger partial charge in [-0.05, 0) is 35.7 Å². The summed E-state index contributed by atoms with van der Waals surface area (Å²) in [5.74, 6) is 0. The molecule has 3 aromatic rings. The van der Waals surface area contributed by atoms with E-state index in [9.17, 15) is 8.42 Å². The van der Waals surface area contributed by atoms with Crippen molar-refractivity contribution in [1.29, 1.82) is 0 Å². The molecule has 0 fully saturated rings. The molecule has 0 heterocycles. The lowest BCUT2D eigenvalue weighted by Gasteiger charge is -2.26. The van der Waals surface area contributed by atoms with E-state index in [2.05, 4.69) is 4.83 Å². The first kappa shape index (κ1) is 17.2. The fourth-order valence-corrected chi connectivity index (χ4v) is 3.71. The molecule has 0 aromatic heterocycles. The number of hydrogen-bond acceptors (Lipinski definition) is 5. The van der Waals surface area contributed by atoms with Crippen LogP contribution in [-0.4, -0.2) is 21.5 Å². The van der Waals surface area contributed by atoms with Crippen molar-refractivity contribution < 1.29 is 8.42 Å². The van der Waals surface area contributed by atoms with Gasteiger partial charge >= 0.3 is 0 Å². The van der Waals surface area contributed by atoms with Gasteiger partial charge in [0, 0.05) is 24.2 Å². The first-order valence-corrected chi connectivity index (χ1v) is 9.33. The lowest BCUT2D eigenvalue weighted by molar-refractivity contribution is 0.576. The molecule has 0 atom stereocenters. The molecule has 0 aliphatic heterocycles. The molecule has 0 radical (unpaired) electrons. The van der Waals surface area contributed by atoms with E-state index in [0.717, 1.165) is 16.5 Å². The van der Waals surface area contributed by atoms with Gasteiger partial charge in [0.1, 0.15) is 0 Å². The van der Waals surface area contributed by atoms with Crippen LogP contribution in [0.3, 0.4) is 0 Å². The van der Waals surface area contributed by atoms with E-state index in [1.807, 2.05) is 42.5 Å². The highest BCUT2D eigenvalue weighted by Crippen LogP contribution is 2.26. The second-order valence-electron chi connectivity index (χ2n) is 5.60. The first-order valence-electron chi connectivity index (χ1n) is 7.84. The van der Waals surface area contributed by atoms with Gasteiger partial charge in [0.15, 0.2) is 0 Å². The molecule has 5 N–H and O–H groups in total. The Balaban J connectivity index is 2.00. The minimum absolute atomic E-state index is 0.143. The summed E-state index contributed by atoms with van der Waals surface area (Å²) in [6.07, 6.45) is 0. The number of hydrazine groups is 1. The Bertz CT molecular complexity index is 967. The van der Waals surface area contributed by atoms with Crippen molar-refractivity contribution in [3.8, 4) is 0 Å². The average molecular weight is 356 g/mol. The average Bonchev–Trinajstić information content (AvgIpc) is 2.61. The van der Waals surface area contributed by atoms with E-state index in [1.165, 1.54) is 12.1 Å². The molecule has 3 aromatic carbocycles. The van der Waals surface area contributed by atoms with Crippen LogP contribution in [0.15, 0.2) is 71.6 Å². The Morgan fingerprint density at radius 1 is 0.920 bits per heavy atom. The molecule has 0 saturated heterocycles. The summed E-state index contributed by atoms with van der Waals surface area (Å²) in [6.45, 7) is 0.635. The highest BCUT2D eigenvalue weighted by Gasteiger charge is 2.19. The highest BCUT2D eigenvalue weighted by molar-refractivity contribution is 7.89. The number of hydrogen-bond donors (Lipinski definition) is 3. The second kappa shape index (κ2) is 7.10. The summed E-state index contributed by atoms with van der Waals surface area (Å²) >= 11 is 0. The second-order valence-corrected chi connectivity index (χ2v) is 7.26. The zero-order valence-corrected chi connectivity index (χ0v) is 14.4. The smallest absolute Gasteiger partial charge is 0.257 e. The number of nitrogen functional groups attached to an aromatic ring is 1. The Labute approximate surface area is 147 Å². The fraction of sp³-hybridized carbons (Fsp3) is 0.111. The van der Waals surface area contributed by atoms with Crippen LogP contribution in [0.5, 0.6) is 0 Å². The molecule has 7 heteroatoms. The molecule has 0 amide bonds. The van der Waals surface area contributed by atoms with Crippen LogP contribution in [-0.2, 0) is 10.0 Å². The summed E-state index contributed by atoms with van der Waals surface area (Å²) in [5, 5.41) is 3.53. The largest absolute Gasteiger partial charge is 0.399 e. The van der Waals surface area contributed by atoms with E-state index in [4.69, 9.17) is 11.5 Å². The number of fused-ring (bicyclic) bond motifs is 1. The number of sulfonamides is 1. The molecule has 0 aliphatic rings. The van der Waals surface area contributed by atoms with Gasteiger partial charge in [-0.2, -0.15) is 0 Å². The Morgan fingerprint density at radius 2 is 1.60 bits per heavy atom. The minimum Gasteiger partial charge on any atom is -0.399 e. The van der Waals surface area contributed by atoms with E-state index >= 15 is 0 Å². The van der Waals surface area contributed by atoms with Crippen molar-refractivity contribution in [1.82, 2.24) is 4.83 Å². The fourth-order valence-electron chi connectivity index (χ4n) is 2.63. The molecular formula is C18H20N4O2S. The maximum atomic E-state index is 12.7. The third-order valence-electron chi connectivity index (χ3n) is 3.83. The maximum Gasteiger partial charge on any atom is 0.257 e. The quantitative estimate of drug-likeness (QED) is 0.464. The van der Waals surface area contributed by atoms with Crippen LogP contribution in [0.2, 0.25) is 0 Å². The van der Waals surface area contributed by atoms with Crippen LogP contribution < -0.4 is 21.3 Å². The normalized spacial score (nSPS) is 11.6. The molecule has 0 aliphatic carbocycles. The summed E-state index contributed by atoms with van der Waals surface area (Å²) in [7, 11) is -3.75. The molecule has 130 valence electrons. The summed E-state index contributed by atoms with van der Waals surface area (Å²) in [5.41, 5.74) is 12.6. The SMILES string of the molecule is NCCN(NS(=O)(=O)c1ccc(N)cc1)c1cccc2ccccc12. The Morgan fingerprint density at radius 3 is 2.32 bits per heavy atom. The third-order valence-corrected chi connectivity index (χ3v) is 5.18. The molecule has 0 bridgehead atoms. The number of rotatable bonds is 6.